The second-order valence-corrected chi connectivity index (χ2v) is 4.04. The first-order chi connectivity index (χ1) is 8.60. The van der Waals surface area contributed by atoms with Gasteiger partial charge in [-0.05, 0) is 37.3 Å². The topological polar surface area (TPSA) is 55.0 Å². The number of anilines is 2. The van der Waals surface area contributed by atoms with E-state index in [1.54, 1.807) is 17.0 Å². The van der Waals surface area contributed by atoms with Crippen molar-refractivity contribution < 1.29 is 4.39 Å². The highest BCUT2D eigenvalue weighted by molar-refractivity contribution is 5.56. The van der Waals surface area contributed by atoms with Crippen molar-refractivity contribution in [3.05, 3.63) is 47.5 Å². The van der Waals surface area contributed by atoms with Gasteiger partial charge in [0.05, 0.1) is 5.69 Å². The highest BCUT2D eigenvalue weighted by atomic mass is 19.1. The third kappa shape index (κ3) is 2.62. The molecule has 0 radical (unpaired) electrons. The average Bonchev–Trinajstić information content (AvgIpc) is 2.38. The van der Waals surface area contributed by atoms with Crippen LogP contribution in [0, 0.1) is 12.7 Å². The number of hydrogen-bond acceptors (Lipinski definition) is 4. The molecule has 0 fully saturated rings. The first-order valence-electron chi connectivity index (χ1n) is 5.64. The fraction of sp³-hybridized carbons (Fsp3) is 0.231. The van der Waals surface area contributed by atoms with Crippen LogP contribution in [-0.4, -0.2) is 17.0 Å². The molecule has 0 atom stereocenters. The second-order valence-electron chi connectivity index (χ2n) is 4.04. The van der Waals surface area contributed by atoms with E-state index in [4.69, 9.17) is 5.73 Å². The number of aromatic nitrogens is 2. The van der Waals surface area contributed by atoms with Crippen LogP contribution in [0.4, 0.5) is 16.0 Å². The van der Waals surface area contributed by atoms with Crippen LogP contribution in [0.25, 0.3) is 0 Å². The Kier molecular flexibility index (Phi) is 3.53. The van der Waals surface area contributed by atoms with Crippen LogP contribution in [0.2, 0.25) is 0 Å². The van der Waals surface area contributed by atoms with Crippen LogP contribution in [0.3, 0.4) is 0 Å². The number of benzene rings is 1. The Morgan fingerprint density at radius 1 is 1.22 bits per heavy atom. The highest BCUT2D eigenvalue weighted by Gasteiger charge is 2.09. The minimum Gasteiger partial charge on any atom is -0.325 e. The maximum Gasteiger partial charge on any atom is 0.230 e. The van der Waals surface area contributed by atoms with Gasteiger partial charge >= 0.3 is 0 Å². The van der Waals surface area contributed by atoms with E-state index >= 15 is 0 Å². The molecule has 0 aliphatic carbocycles. The molecule has 1 aromatic carbocycles. The molecule has 0 spiro atoms. The second kappa shape index (κ2) is 5.10. The normalized spacial score (nSPS) is 10.4. The summed E-state index contributed by atoms with van der Waals surface area (Å²) in [6, 6.07) is 8.03. The van der Waals surface area contributed by atoms with Crippen molar-refractivity contribution in [1.29, 1.82) is 0 Å². The molecule has 18 heavy (non-hydrogen) atoms. The lowest BCUT2D eigenvalue weighted by molar-refractivity contribution is 0.628. The molecule has 94 valence electrons. The Hall–Kier alpha value is -2.01. The van der Waals surface area contributed by atoms with E-state index in [0.29, 0.717) is 12.5 Å². The van der Waals surface area contributed by atoms with Gasteiger partial charge in [0, 0.05) is 25.0 Å². The van der Waals surface area contributed by atoms with Gasteiger partial charge < -0.3 is 10.6 Å². The number of rotatable bonds is 3. The van der Waals surface area contributed by atoms with E-state index in [1.807, 2.05) is 20.0 Å². The van der Waals surface area contributed by atoms with Gasteiger partial charge in [0.15, 0.2) is 0 Å². The van der Waals surface area contributed by atoms with Gasteiger partial charge in [0.2, 0.25) is 5.95 Å². The predicted octanol–water partition coefficient (Wildman–Crippen LogP) is 2.15. The maximum absolute atomic E-state index is 12.9. The van der Waals surface area contributed by atoms with Crippen molar-refractivity contribution in [1.82, 2.24) is 9.97 Å². The Balaban J connectivity index is 2.35. The van der Waals surface area contributed by atoms with Gasteiger partial charge in [0.25, 0.3) is 0 Å². The van der Waals surface area contributed by atoms with Crippen molar-refractivity contribution >= 4 is 11.6 Å². The van der Waals surface area contributed by atoms with E-state index in [9.17, 15) is 4.39 Å². The quantitative estimate of drug-likeness (QED) is 0.901. The first-order valence-corrected chi connectivity index (χ1v) is 5.64. The van der Waals surface area contributed by atoms with Crippen molar-refractivity contribution in [2.45, 2.75) is 13.5 Å². The minimum atomic E-state index is -0.264. The Labute approximate surface area is 105 Å². The first kappa shape index (κ1) is 12.4. The standard InChI is InChI=1S/C13H15FN4/c1-9-7-11(8-15)17-13(16-9)18(2)12-5-3-10(14)4-6-12/h3-7H,8,15H2,1-2H3. The predicted molar refractivity (Wildman–Crippen MR) is 69.1 cm³/mol. The number of nitrogens with zero attached hydrogens (tertiary/aromatic N) is 3. The summed E-state index contributed by atoms with van der Waals surface area (Å²) >= 11 is 0. The zero-order chi connectivity index (χ0) is 13.1. The molecule has 1 aromatic heterocycles. The fourth-order valence-electron chi connectivity index (χ4n) is 1.65. The smallest absolute Gasteiger partial charge is 0.230 e. The molecule has 0 saturated heterocycles. The maximum atomic E-state index is 12.9. The summed E-state index contributed by atoms with van der Waals surface area (Å²) in [5.74, 6) is 0.294. The third-order valence-electron chi connectivity index (χ3n) is 2.62. The number of nitrogens with two attached hydrogens (primary N) is 1. The lowest BCUT2D eigenvalue weighted by atomic mass is 10.3. The van der Waals surface area contributed by atoms with Gasteiger partial charge in [-0.25, -0.2) is 14.4 Å². The van der Waals surface area contributed by atoms with Gasteiger partial charge in [-0.3, -0.25) is 0 Å². The summed E-state index contributed by atoms with van der Waals surface area (Å²) < 4.78 is 12.9. The van der Waals surface area contributed by atoms with Gasteiger partial charge in [-0.15, -0.1) is 0 Å². The number of halogens is 1. The number of hydrogen-bond donors (Lipinski definition) is 1. The summed E-state index contributed by atoms with van der Waals surface area (Å²) in [7, 11) is 1.84. The molecule has 0 aliphatic rings. The van der Waals surface area contributed by atoms with E-state index < -0.39 is 0 Å². The van der Waals surface area contributed by atoms with Gasteiger partial charge in [0.1, 0.15) is 5.82 Å². The van der Waals surface area contributed by atoms with E-state index in [1.165, 1.54) is 12.1 Å². The van der Waals surface area contributed by atoms with Crippen LogP contribution in [-0.2, 0) is 6.54 Å². The molecule has 0 aliphatic heterocycles. The molecular weight excluding hydrogens is 231 g/mol. The molecule has 4 nitrogen and oxygen atoms in total. The van der Waals surface area contributed by atoms with Crippen molar-refractivity contribution in [2.24, 2.45) is 5.73 Å². The van der Waals surface area contributed by atoms with Crippen LogP contribution in [0.15, 0.2) is 30.3 Å². The summed E-state index contributed by atoms with van der Waals surface area (Å²) in [4.78, 5) is 10.5. The van der Waals surface area contributed by atoms with E-state index in [0.717, 1.165) is 17.1 Å². The lowest BCUT2D eigenvalue weighted by Crippen LogP contribution is -2.15. The molecular formula is C13H15FN4. The molecule has 0 bridgehead atoms. The van der Waals surface area contributed by atoms with Gasteiger partial charge in [-0.1, -0.05) is 0 Å². The van der Waals surface area contributed by atoms with Crippen LogP contribution in [0.5, 0.6) is 0 Å². The average molecular weight is 246 g/mol. The largest absolute Gasteiger partial charge is 0.325 e. The monoisotopic (exact) mass is 246 g/mol. The van der Waals surface area contributed by atoms with Crippen molar-refractivity contribution in [2.75, 3.05) is 11.9 Å². The van der Waals surface area contributed by atoms with Crippen LogP contribution < -0.4 is 10.6 Å². The van der Waals surface area contributed by atoms with E-state index in [-0.39, 0.29) is 5.82 Å². The van der Waals surface area contributed by atoms with Gasteiger partial charge in [-0.2, -0.15) is 0 Å². The Morgan fingerprint density at radius 3 is 2.50 bits per heavy atom. The summed E-state index contributed by atoms with van der Waals surface area (Å²) in [6.07, 6.45) is 0. The number of aryl methyl sites for hydroxylation is 1. The molecule has 2 N–H and O–H groups in total. The SMILES string of the molecule is Cc1cc(CN)nc(N(C)c2ccc(F)cc2)n1. The van der Waals surface area contributed by atoms with Crippen molar-refractivity contribution in [3.8, 4) is 0 Å². The van der Waals surface area contributed by atoms with E-state index in [2.05, 4.69) is 9.97 Å². The molecule has 2 aromatic rings. The minimum absolute atomic E-state index is 0.264. The van der Waals surface area contributed by atoms with Crippen LogP contribution >= 0.6 is 0 Å². The molecule has 1 heterocycles. The zero-order valence-electron chi connectivity index (χ0n) is 10.4. The van der Waals surface area contributed by atoms with Crippen molar-refractivity contribution in [3.63, 3.8) is 0 Å². The summed E-state index contributed by atoms with van der Waals surface area (Å²) in [5, 5.41) is 0. The lowest BCUT2D eigenvalue weighted by Gasteiger charge is -2.18. The Morgan fingerprint density at radius 2 is 1.89 bits per heavy atom. The molecule has 0 unspecified atom stereocenters. The molecule has 2 rings (SSSR count). The summed E-state index contributed by atoms with van der Waals surface area (Å²) in [6.45, 7) is 2.26. The highest BCUT2D eigenvalue weighted by Crippen LogP contribution is 2.20. The third-order valence-corrected chi connectivity index (χ3v) is 2.62. The molecule has 0 amide bonds. The van der Waals surface area contributed by atoms with Crippen LogP contribution in [0.1, 0.15) is 11.4 Å². The molecule has 5 heteroatoms. The zero-order valence-corrected chi connectivity index (χ0v) is 10.4. The fourth-order valence-corrected chi connectivity index (χ4v) is 1.65. The molecule has 0 saturated carbocycles. The Bertz CT molecular complexity index is 539. The summed E-state index contributed by atoms with van der Waals surface area (Å²) in [5.41, 5.74) is 8.05.